The van der Waals surface area contributed by atoms with E-state index in [9.17, 15) is 0 Å². The van der Waals surface area contributed by atoms with Crippen molar-refractivity contribution < 1.29 is 0 Å². The molecule has 0 atom stereocenters. The molecule has 6 rings (SSSR count). The zero-order valence-corrected chi connectivity index (χ0v) is 20.4. The lowest BCUT2D eigenvalue weighted by atomic mass is 9.73. The Labute approximate surface area is 205 Å². The molecule has 1 N–H and O–H groups in total. The Morgan fingerprint density at radius 1 is 1.03 bits per heavy atom. The Balaban J connectivity index is 1.50. The molecule has 0 aliphatic heterocycles. The summed E-state index contributed by atoms with van der Waals surface area (Å²) in [6.07, 6.45) is 7.67. The molecule has 1 aliphatic carbocycles. The van der Waals surface area contributed by atoms with E-state index in [0.29, 0.717) is 11.7 Å². The van der Waals surface area contributed by atoms with E-state index < -0.39 is 0 Å². The van der Waals surface area contributed by atoms with Gasteiger partial charge in [0.05, 0.1) is 15.7 Å². The lowest BCUT2D eigenvalue weighted by Crippen LogP contribution is -2.15. The number of nitrogens with zero attached hydrogens (tertiary/aromatic N) is 4. The number of aromatic amines is 1. The van der Waals surface area contributed by atoms with Gasteiger partial charge in [0, 0.05) is 0 Å². The number of allylic oxidation sites excluding steroid dienone is 1. The molecule has 5 nitrogen and oxygen atoms in total. The van der Waals surface area contributed by atoms with Crippen molar-refractivity contribution in [1.29, 1.82) is 0 Å². The maximum atomic E-state index is 4.61. The maximum absolute atomic E-state index is 4.61. The Bertz CT molecular complexity index is 1490. The number of fused-ring (bicyclic) bond motifs is 1. The third-order valence-electron chi connectivity index (χ3n) is 6.53. The minimum Gasteiger partial charge on any atom is -0.245 e. The van der Waals surface area contributed by atoms with Crippen molar-refractivity contribution in [2.75, 3.05) is 0 Å². The summed E-state index contributed by atoms with van der Waals surface area (Å²) in [5, 5.41) is 18.7. The lowest BCUT2D eigenvalue weighted by Gasteiger charge is -2.31. The van der Waals surface area contributed by atoms with E-state index in [1.54, 1.807) is 22.7 Å². The second-order valence-electron chi connectivity index (χ2n) is 8.65. The first-order valence-electron chi connectivity index (χ1n) is 11.4. The van der Waals surface area contributed by atoms with E-state index in [1.165, 1.54) is 57.4 Å². The first-order chi connectivity index (χ1) is 16.8. The first-order valence-corrected chi connectivity index (χ1v) is 13.2. The number of thiazole rings is 1. The van der Waals surface area contributed by atoms with Crippen LogP contribution in [-0.2, 0) is 0 Å². The van der Waals surface area contributed by atoms with E-state index in [-0.39, 0.29) is 0 Å². The van der Waals surface area contributed by atoms with Gasteiger partial charge in [0.2, 0.25) is 0 Å². The first kappa shape index (κ1) is 21.1. The third-order valence-corrected chi connectivity index (χ3v) is 8.20. The van der Waals surface area contributed by atoms with Crippen LogP contribution in [0.3, 0.4) is 0 Å². The number of benzene rings is 2. The van der Waals surface area contributed by atoms with E-state index in [2.05, 4.69) is 85.8 Å². The molecule has 3 heterocycles. The lowest BCUT2D eigenvalue weighted by molar-refractivity contribution is 0.401. The number of aryl methyl sites for hydroxylation is 1. The van der Waals surface area contributed by atoms with Crippen molar-refractivity contribution in [2.45, 2.75) is 26.2 Å². The monoisotopic (exact) mass is 481 g/mol. The molecule has 3 aromatic heterocycles. The number of tetrazole rings is 1. The molecule has 2 aromatic carbocycles. The summed E-state index contributed by atoms with van der Waals surface area (Å²) < 4.78 is 1.22. The molecule has 0 unspecified atom stereocenters. The largest absolute Gasteiger partial charge is 0.245 e. The van der Waals surface area contributed by atoms with Gasteiger partial charge in [-0.2, -0.15) is 16.6 Å². The van der Waals surface area contributed by atoms with E-state index in [0.717, 1.165) is 11.1 Å². The van der Waals surface area contributed by atoms with Crippen LogP contribution in [0.4, 0.5) is 0 Å². The Hall–Kier alpha value is -3.42. The standard InChI is InChI=1S/C27H23N5S2/c1-17-14-33-15-22(17)27(19-3-2-4-19)26(21-10-11-24-23(13-21)28-16-34-24)20-8-5-18(6-9-20)7-12-25-29-31-32-30-25/h5-16,19H,2-4H2,1H3,(H,29,30,31,32)/b12-7+,27-26+. The predicted molar refractivity (Wildman–Crippen MR) is 141 cm³/mol. The molecule has 0 amide bonds. The topological polar surface area (TPSA) is 67.3 Å². The van der Waals surface area contributed by atoms with Crippen molar-refractivity contribution >= 4 is 56.2 Å². The van der Waals surface area contributed by atoms with E-state index >= 15 is 0 Å². The van der Waals surface area contributed by atoms with E-state index in [4.69, 9.17) is 0 Å². The van der Waals surface area contributed by atoms with Crippen LogP contribution in [0.25, 0.3) is 33.5 Å². The molecule has 1 saturated carbocycles. The normalized spacial score (nSPS) is 15.1. The number of rotatable bonds is 6. The zero-order chi connectivity index (χ0) is 22.9. The van der Waals surface area contributed by atoms with Crippen molar-refractivity contribution in [3.63, 3.8) is 0 Å². The summed E-state index contributed by atoms with van der Waals surface area (Å²) >= 11 is 3.48. The van der Waals surface area contributed by atoms with Crippen molar-refractivity contribution in [3.05, 3.63) is 92.4 Å². The van der Waals surface area contributed by atoms with Crippen molar-refractivity contribution in [3.8, 4) is 0 Å². The van der Waals surface area contributed by atoms with Crippen LogP contribution in [0.15, 0.2) is 58.7 Å². The highest BCUT2D eigenvalue weighted by Crippen LogP contribution is 2.46. The second-order valence-corrected chi connectivity index (χ2v) is 10.3. The van der Waals surface area contributed by atoms with Gasteiger partial charge in [-0.25, -0.2) is 4.98 Å². The minimum absolute atomic E-state index is 0.571. The summed E-state index contributed by atoms with van der Waals surface area (Å²) in [5.74, 6) is 1.16. The SMILES string of the molecule is Cc1cscc1/C(=C(\c1ccc(/C=C/c2nn[nH]n2)cc1)c1ccc2scnc2c1)C1CCC1. The quantitative estimate of drug-likeness (QED) is 0.281. The van der Waals surface area contributed by atoms with Crippen LogP contribution in [0.2, 0.25) is 0 Å². The average molecular weight is 482 g/mol. The molecule has 1 aliphatic rings. The third kappa shape index (κ3) is 4.02. The van der Waals surface area contributed by atoms with E-state index in [1.807, 2.05) is 17.7 Å². The number of aromatic nitrogens is 5. The number of thiophene rings is 1. The van der Waals surface area contributed by atoms with Gasteiger partial charge in [-0.3, -0.25) is 0 Å². The van der Waals surface area contributed by atoms with Crippen LogP contribution in [0, 0.1) is 12.8 Å². The summed E-state index contributed by atoms with van der Waals surface area (Å²) in [5.41, 5.74) is 12.1. The van der Waals surface area contributed by atoms with Gasteiger partial charge in [0.1, 0.15) is 0 Å². The Morgan fingerprint density at radius 3 is 2.59 bits per heavy atom. The summed E-state index contributed by atoms with van der Waals surface area (Å²) in [6.45, 7) is 2.23. The van der Waals surface area contributed by atoms with Crippen LogP contribution in [0.5, 0.6) is 0 Å². The summed E-state index contributed by atoms with van der Waals surface area (Å²) in [6, 6.07) is 15.5. The molecular formula is C27H23N5S2. The molecule has 7 heteroatoms. The van der Waals surface area contributed by atoms with Gasteiger partial charge in [0.15, 0.2) is 5.82 Å². The molecular weight excluding hydrogens is 458 g/mol. The Kier molecular flexibility index (Phi) is 5.65. The zero-order valence-electron chi connectivity index (χ0n) is 18.7. The number of hydrogen-bond donors (Lipinski definition) is 1. The summed E-state index contributed by atoms with van der Waals surface area (Å²) in [7, 11) is 0. The molecule has 5 aromatic rings. The minimum atomic E-state index is 0.571. The maximum Gasteiger partial charge on any atom is 0.197 e. The van der Waals surface area contributed by atoms with Gasteiger partial charge in [-0.15, -0.1) is 21.5 Å². The van der Waals surface area contributed by atoms with Crippen LogP contribution < -0.4 is 0 Å². The van der Waals surface area contributed by atoms with Gasteiger partial charge in [0.25, 0.3) is 0 Å². The Morgan fingerprint density at radius 2 is 1.88 bits per heavy atom. The fraction of sp³-hybridized carbons (Fsp3) is 0.185. The van der Waals surface area contributed by atoms with Crippen LogP contribution in [-0.4, -0.2) is 25.6 Å². The molecule has 0 radical (unpaired) electrons. The van der Waals surface area contributed by atoms with Crippen molar-refractivity contribution in [2.24, 2.45) is 5.92 Å². The smallest absolute Gasteiger partial charge is 0.197 e. The highest BCUT2D eigenvalue weighted by molar-refractivity contribution is 7.16. The second kappa shape index (κ2) is 9.08. The fourth-order valence-electron chi connectivity index (χ4n) is 4.55. The summed E-state index contributed by atoms with van der Waals surface area (Å²) in [4.78, 5) is 4.61. The fourth-order valence-corrected chi connectivity index (χ4v) is 6.06. The highest BCUT2D eigenvalue weighted by Gasteiger charge is 2.28. The van der Waals surface area contributed by atoms with Gasteiger partial charge in [-0.05, 0) is 98.8 Å². The van der Waals surface area contributed by atoms with Crippen LogP contribution in [0.1, 0.15) is 52.9 Å². The van der Waals surface area contributed by atoms with Crippen molar-refractivity contribution in [1.82, 2.24) is 25.6 Å². The molecule has 1 fully saturated rings. The molecule has 0 saturated heterocycles. The number of H-pyrrole nitrogens is 1. The predicted octanol–water partition coefficient (Wildman–Crippen LogP) is 7.11. The molecule has 34 heavy (non-hydrogen) atoms. The number of nitrogens with one attached hydrogen (secondary N) is 1. The average Bonchev–Trinajstić information content (AvgIpc) is 3.59. The molecule has 0 spiro atoms. The molecule has 168 valence electrons. The molecule has 0 bridgehead atoms. The number of hydrogen-bond acceptors (Lipinski definition) is 6. The highest BCUT2D eigenvalue weighted by atomic mass is 32.1. The van der Waals surface area contributed by atoms with Gasteiger partial charge >= 0.3 is 0 Å². The van der Waals surface area contributed by atoms with Crippen LogP contribution >= 0.6 is 22.7 Å². The van der Waals surface area contributed by atoms with Gasteiger partial charge in [-0.1, -0.05) is 42.8 Å². The van der Waals surface area contributed by atoms with Gasteiger partial charge < -0.3 is 0 Å².